The minimum atomic E-state index is -0.945. The Labute approximate surface area is 226 Å². The number of ether oxygens (including phenoxy) is 1. The molecule has 0 saturated carbocycles. The molecular formula is C28H20Cl2N2O4S. The van der Waals surface area contributed by atoms with Crippen LogP contribution in [0.2, 0.25) is 10.0 Å². The van der Waals surface area contributed by atoms with Gasteiger partial charge in [-0.25, -0.2) is 4.98 Å². The van der Waals surface area contributed by atoms with Gasteiger partial charge in [0.2, 0.25) is 0 Å². The number of carbonyl (C=O) groups excluding carboxylic acids is 2. The monoisotopic (exact) mass is 550 g/mol. The van der Waals surface area contributed by atoms with Gasteiger partial charge in [0.15, 0.2) is 5.13 Å². The quantitative estimate of drug-likeness (QED) is 0.171. The lowest BCUT2D eigenvalue weighted by Gasteiger charge is -2.23. The number of aryl methyl sites for hydroxylation is 1. The standard InChI is InChI=1S/C28H20Cl2N2O4S/c1-13-3-7-20-22(9-13)37-28(31-20)32-24(15-4-6-18(29)19(30)12-15)23(26(34)27(32)35)25(33)16-5-8-21-17(11-16)10-14(2)36-21/h3-9,11-12,14,24,33H,10H2,1-2H3/b25-23+/t14-,24-/m1/s1. The van der Waals surface area contributed by atoms with E-state index in [1.165, 1.54) is 16.2 Å². The lowest BCUT2D eigenvalue weighted by Crippen LogP contribution is -2.29. The van der Waals surface area contributed by atoms with Crippen molar-refractivity contribution < 1.29 is 19.4 Å². The van der Waals surface area contributed by atoms with Crippen LogP contribution in [0.4, 0.5) is 5.13 Å². The van der Waals surface area contributed by atoms with E-state index in [0.717, 1.165) is 21.6 Å². The normalized spacial score (nSPS) is 20.5. The Morgan fingerprint density at radius 3 is 2.68 bits per heavy atom. The maximum atomic E-state index is 13.5. The van der Waals surface area contributed by atoms with Crippen molar-refractivity contribution in [2.45, 2.75) is 32.4 Å². The number of thiazole rings is 1. The van der Waals surface area contributed by atoms with Crippen LogP contribution >= 0.6 is 34.5 Å². The first-order valence-corrected chi connectivity index (χ1v) is 13.2. The number of benzene rings is 3. The van der Waals surface area contributed by atoms with Gasteiger partial charge in [-0.3, -0.25) is 14.5 Å². The number of hydrogen-bond donors (Lipinski definition) is 1. The van der Waals surface area contributed by atoms with E-state index in [2.05, 4.69) is 4.98 Å². The maximum Gasteiger partial charge on any atom is 0.301 e. The summed E-state index contributed by atoms with van der Waals surface area (Å²) in [6.45, 7) is 3.94. The number of amides is 1. The van der Waals surface area contributed by atoms with Gasteiger partial charge in [-0.05, 0) is 73.0 Å². The number of nitrogens with zero attached hydrogens (tertiary/aromatic N) is 2. The second-order valence-corrected chi connectivity index (χ2v) is 11.1. The summed E-state index contributed by atoms with van der Waals surface area (Å²) in [4.78, 5) is 32.9. The zero-order valence-corrected chi connectivity index (χ0v) is 22.1. The molecule has 0 unspecified atom stereocenters. The Morgan fingerprint density at radius 2 is 1.89 bits per heavy atom. The first-order valence-electron chi connectivity index (χ1n) is 11.6. The van der Waals surface area contributed by atoms with E-state index in [-0.39, 0.29) is 22.5 Å². The first kappa shape index (κ1) is 24.0. The molecule has 1 fully saturated rings. The molecule has 186 valence electrons. The van der Waals surface area contributed by atoms with Crippen LogP contribution in [0.3, 0.4) is 0 Å². The van der Waals surface area contributed by atoms with Crippen molar-refractivity contribution in [1.82, 2.24) is 4.98 Å². The third-order valence-corrected chi connectivity index (χ3v) is 8.37. The number of Topliss-reactive ketones (excluding diaryl/α,β-unsaturated/α-hetero) is 1. The molecule has 1 aromatic heterocycles. The Balaban J connectivity index is 1.55. The molecule has 6 rings (SSSR count). The van der Waals surface area contributed by atoms with Crippen LogP contribution in [-0.4, -0.2) is 27.9 Å². The van der Waals surface area contributed by atoms with Crippen molar-refractivity contribution >= 4 is 67.3 Å². The highest BCUT2D eigenvalue weighted by Crippen LogP contribution is 2.45. The number of halogens is 2. The molecule has 2 aliphatic heterocycles. The summed E-state index contributed by atoms with van der Waals surface area (Å²) in [5.74, 6) is -1.09. The first-order chi connectivity index (χ1) is 17.7. The van der Waals surface area contributed by atoms with Crippen LogP contribution in [0.15, 0.2) is 60.2 Å². The minimum absolute atomic E-state index is 0.0249. The van der Waals surface area contributed by atoms with Gasteiger partial charge in [0.25, 0.3) is 5.78 Å². The SMILES string of the molecule is Cc1ccc2nc(N3C(=O)C(=O)/C(=C(/O)c4ccc5c(c4)C[C@@H](C)O5)[C@H]3c3ccc(Cl)c(Cl)c3)sc2c1. The van der Waals surface area contributed by atoms with Crippen molar-refractivity contribution in [3.05, 3.63) is 92.5 Å². The summed E-state index contributed by atoms with van der Waals surface area (Å²) in [6, 6.07) is 15.0. The lowest BCUT2D eigenvalue weighted by atomic mass is 9.94. The topological polar surface area (TPSA) is 79.7 Å². The number of aliphatic hydroxyl groups excluding tert-OH is 1. The molecule has 0 spiro atoms. The smallest absolute Gasteiger partial charge is 0.301 e. The number of fused-ring (bicyclic) bond motifs is 2. The molecule has 9 heteroatoms. The second-order valence-electron chi connectivity index (χ2n) is 9.27. The van der Waals surface area contributed by atoms with Gasteiger partial charge in [-0.15, -0.1) is 0 Å². The van der Waals surface area contributed by atoms with Crippen LogP contribution in [0.25, 0.3) is 16.0 Å². The van der Waals surface area contributed by atoms with Gasteiger partial charge in [0, 0.05) is 12.0 Å². The highest BCUT2D eigenvalue weighted by molar-refractivity contribution is 7.22. The number of rotatable bonds is 3. The second kappa shape index (κ2) is 8.87. The predicted octanol–water partition coefficient (Wildman–Crippen LogP) is 6.86. The van der Waals surface area contributed by atoms with Crippen molar-refractivity contribution in [2.75, 3.05) is 4.90 Å². The Bertz CT molecular complexity index is 1660. The van der Waals surface area contributed by atoms with Crippen LogP contribution < -0.4 is 9.64 Å². The van der Waals surface area contributed by atoms with Gasteiger partial charge in [-0.2, -0.15) is 0 Å². The summed E-state index contributed by atoms with van der Waals surface area (Å²) in [5, 5.41) is 12.4. The van der Waals surface area contributed by atoms with Crippen molar-refractivity contribution in [2.24, 2.45) is 0 Å². The highest BCUT2D eigenvalue weighted by atomic mass is 35.5. The van der Waals surface area contributed by atoms with Gasteiger partial charge in [-0.1, -0.05) is 46.7 Å². The summed E-state index contributed by atoms with van der Waals surface area (Å²) in [5.41, 5.74) is 3.63. The predicted molar refractivity (Wildman–Crippen MR) is 146 cm³/mol. The fourth-order valence-electron chi connectivity index (χ4n) is 4.88. The molecule has 1 amide bonds. The van der Waals surface area contributed by atoms with E-state index in [4.69, 9.17) is 27.9 Å². The number of aromatic nitrogens is 1. The molecule has 3 aromatic carbocycles. The average Bonchev–Trinajstić information content (AvgIpc) is 3.52. The van der Waals surface area contributed by atoms with Crippen molar-refractivity contribution in [3.63, 3.8) is 0 Å². The van der Waals surface area contributed by atoms with E-state index in [9.17, 15) is 14.7 Å². The minimum Gasteiger partial charge on any atom is -0.507 e. The Kier molecular flexibility index (Phi) is 5.75. The highest BCUT2D eigenvalue weighted by Gasteiger charge is 2.48. The van der Waals surface area contributed by atoms with Crippen molar-refractivity contribution in [1.29, 1.82) is 0 Å². The van der Waals surface area contributed by atoms with E-state index < -0.39 is 17.7 Å². The van der Waals surface area contributed by atoms with Gasteiger partial charge < -0.3 is 9.84 Å². The van der Waals surface area contributed by atoms with E-state index in [1.54, 1.807) is 36.4 Å². The molecule has 1 N–H and O–H groups in total. The molecule has 0 aliphatic carbocycles. The molecule has 3 heterocycles. The fourth-order valence-corrected chi connectivity index (χ4v) is 6.27. The molecule has 0 radical (unpaired) electrons. The summed E-state index contributed by atoms with van der Waals surface area (Å²) < 4.78 is 6.66. The molecule has 37 heavy (non-hydrogen) atoms. The molecule has 0 bridgehead atoms. The van der Waals surface area contributed by atoms with Crippen molar-refractivity contribution in [3.8, 4) is 5.75 Å². The van der Waals surface area contributed by atoms with Gasteiger partial charge in [0.1, 0.15) is 17.6 Å². The third kappa shape index (κ3) is 3.98. The maximum absolute atomic E-state index is 13.5. The molecule has 1 saturated heterocycles. The van der Waals surface area contributed by atoms with E-state index in [0.29, 0.717) is 33.2 Å². The Morgan fingerprint density at radius 1 is 1.08 bits per heavy atom. The Hall–Kier alpha value is -3.39. The number of carbonyl (C=O) groups is 2. The lowest BCUT2D eigenvalue weighted by molar-refractivity contribution is -0.132. The van der Waals surface area contributed by atoms with Crippen LogP contribution in [0, 0.1) is 6.92 Å². The molecule has 6 nitrogen and oxygen atoms in total. The number of hydrogen-bond acceptors (Lipinski definition) is 6. The molecular weight excluding hydrogens is 531 g/mol. The third-order valence-electron chi connectivity index (χ3n) is 6.61. The van der Waals surface area contributed by atoms with Crippen LogP contribution in [0.1, 0.15) is 35.2 Å². The van der Waals surface area contributed by atoms with Crippen LogP contribution in [0.5, 0.6) is 5.75 Å². The number of anilines is 1. The summed E-state index contributed by atoms with van der Waals surface area (Å²) in [6.07, 6.45) is 0.712. The summed E-state index contributed by atoms with van der Waals surface area (Å²) in [7, 11) is 0. The number of ketones is 1. The summed E-state index contributed by atoms with van der Waals surface area (Å²) >= 11 is 13.8. The van der Waals surface area contributed by atoms with E-state index in [1.807, 2.05) is 32.0 Å². The average molecular weight is 551 g/mol. The van der Waals surface area contributed by atoms with E-state index >= 15 is 0 Å². The van der Waals surface area contributed by atoms with Crippen LogP contribution in [-0.2, 0) is 16.0 Å². The van der Waals surface area contributed by atoms with Gasteiger partial charge >= 0.3 is 5.91 Å². The molecule has 2 aliphatic rings. The zero-order chi connectivity index (χ0) is 26.0. The largest absolute Gasteiger partial charge is 0.507 e. The van der Waals surface area contributed by atoms with Gasteiger partial charge in [0.05, 0.1) is 31.9 Å². The fraction of sp³-hybridized carbons (Fsp3) is 0.179. The molecule has 2 atom stereocenters. The number of aliphatic hydroxyl groups is 1. The molecule has 4 aromatic rings. The zero-order valence-electron chi connectivity index (χ0n) is 19.8.